The van der Waals surface area contributed by atoms with Crippen LogP contribution < -0.4 is 10.1 Å². The van der Waals surface area contributed by atoms with Crippen molar-refractivity contribution in [3.8, 4) is 5.88 Å². The Hall–Kier alpha value is -1.09. The minimum Gasteiger partial charge on any atom is -0.477 e. The van der Waals surface area contributed by atoms with Gasteiger partial charge in [-0.2, -0.15) is 0 Å². The zero-order valence-electron chi connectivity index (χ0n) is 16.2. The van der Waals surface area contributed by atoms with E-state index in [4.69, 9.17) is 14.5 Å². The molecule has 0 amide bonds. The van der Waals surface area contributed by atoms with E-state index in [1.54, 1.807) is 0 Å². The quantitative estimate of drug-likeness (QED) is 0.381. The second-order valence-corrected chi connectivity index (χ2v) is 7.90. The summed E-state index contributed by atoms with van der Waals surface area (Å²) >= 11 is 0. The molecular weight excluding hydrogens is 455 g/mol. The summed E-state index contributed by atoms with van der Waals surface area (Å²) in [6.45, 7) is 8.34. The van der Waals surface area contributed by atoms with Gasteiger partial charge in [-0.25, -0.2) is 9.98 Å². The molecule has 6 nitrogen and oxygen atoms in total. The van der Waals surface area contributed by atoms with Gasteiger partial charge in [0.05, 0.1) is 19.8 Å². The number of pyridine rings is 1. The predicted octanol–water partition coefficient (Wildman–Crippen LogP) is 3.07. The zero-order chi connectivity index (χ0) is 17.8. The number of aromatic nitrogens is 1. The zero-order valence-corrected chi connectivity index (χ0v) is 18.5. The lowest BCUT2D eigenvalue weighted by atomic mass is 9.87. The minimum atomic E-state index is 0. The molecule has 3 fully saturated rings. The van der Waals surface area contributed by atoms with Gasteiger partial charge in [-0.1, -0.05) is 6.07 Å². The summed E-state index contributed by atoms with van der Waals surface area (Å²) in [6.07, 6.45) is 6.85. The standard InChI is InChI=1S/C20H30N4O2.HI/c1-2-21-19(24-9-7-20(14-24)8-10-25-15-20)23-12-17-5-6-18(22-11-17)26-13-16-3-4-16;/h5-6,11,16H,2-4,7-10,12-15H2,1H3,(H,21,23);1H. The second-order valence-electron chi connectivity index (χ2n) is 7.90. The number of aliphatic imine (C=N–C) groups is 1. The lowest BCUT2D eigenvalue weighted by Gasteiger charge is -2.25. The smallest absolute Gasteiger partial charge is 0.213 e. The van der Waals surface area contributed by atoms with Gasteiger partial charge in [-0.15, -0.1) is 24.0 Å². The minimum absolute atomic E-state index is 0. The van der Waals surface area contributed by atoms with Gasteiger partial charge in [-0.3, -0.25) is 0 Å². The molecule has 1 aromatic rings. The Morgan fingerprint density at radius 3 is 2.96 bits per heavy atom. The van der Waals surface area contributed by atoms with Crippen LogP contribution in [0.2, 0.25) is 0 Å². The van der Waals surface area contributed by atoms with E-state index in [0.29, 0.717) is 12.0 Å². The predicted molar refractivity (Wildman–Crippen MR) is 117 cm³/mol. The van der Waals surface area contributed by atoms with E-state index in [9.17, 15) is 0 Å². The van der Waals surface area contributed by atoms with Crippen molar-refractivity contribution in [1.82, 2.24) is 15.2 Å². The number of rotatable bonds is 6. The summed E-state index contributed by atoms with van der Waals surface area (Å²) in [5.74, 6) is 2.47. The number of nitrogens with one attached hydrogen (secondary N) is 1. The van der Waals surface area contributed by atoms with Gasteiger partial charge < -0.3 is 19.7 Å². The molecule has 2 saturated heterocycles. The van der Waals surface area contributed by atoms with Crippen LogP contribution in [-0.4, -0.2) is 55.3 Å². The highest BCUT2D eigenvalue weighted by Crippen LogP contribution is 2.38. The number of hydrogen-bond donors (Lipinski definition) is 1. The van der Waals surface area contributed by atoms with E-state index < -0.39 is 0 Å². The highest BCUT2D eigenvalue weighted by molar-refractivity contribution is 14.0. The lowest BCUT2D eigenvalue weighted by molar-refractivity contribution is 0.156. The van der Waals surface area contributed by atoms with Crippen LogP contribution in [0.25, 0.3) is 0 Å². The summed E-state index contributed by atoms with van der Waals surface area (Å²) in [5.41, 5.74) is 1.45. The van der Waals surface area contributed by atoms with E-state index in [2.05, 4.69) is 28.2 Å². The average molecular weight is 486 g/mol. The van der Waals surface area contributed by atoms with Gasteiger partial charge in [0, 0.05) is 43.9 Å². The summed E-state index contributed by atoms with van der Waals surface area (Å²) < 4.78 is 11.3. The first kappa shape index (κ1) is 20.6. The van der Waals surface area contributed by atoms with E-state index >= 15 is 0 Å². The van der Waals surface area contributed by atoms with Gasteiger partial charge in [0.15, 0.2) is 5.96 Å². The SMILES string of the molecule is CCNC(=NCc1ccc(OCC2CC2)nc1)N1CCC2(CCOC2)C1.I. The Balaban J connectivity index is 0.00000210. The first-order valence-corrected chi connectivity index (χ1v) is 9.95. The molecule has 4 rings (SSSR count). The Bertz CT molecular complexity index is 627. The first-order chi connectivity index (χ1) is 12.8. The average Bonchev–Trinajstić information content (AvgIpc) is 3.24. The normalized spacial score (nSPS) is 24.9. The number of halogens is 1. The van der Waals surface area contributed by atoms with E-state index in [-0.39, 0.29) is 24.0 Å². The Morgan fingerprint density at radius 1 is 1.41 bits per heavy atom. The van der Waals surface area contributed by atoms with Crippen molar-refractivity contribution < 1.29 is 9.47 Å². The third-order valence-electron chi connectivity index (χ3n) is 5.63. The summed E-state index contributed by atoms with van der Waals surface area (Å²) in [7, 11) is 0. The Labute approximate surface area is 179 Å². The van der Waals surface area contributed by atoms with Crippen LogP contribution in [-0.2, 0) is 11.3 Å². The molecule has 1 spiro atoms. The molecule has 0 bridgehead atoms. The van der Waals surface area contributed by atoms with Crippen molar-refractivity contribution in [3.05, 3.63) is 23.9 Å². The maximum atomic E-state index is 5.70. The van der Waals surface area contributed by atoms with Crippen LogP contribution in [0, 0.1) is 11.3 Å². The van der Waals surface area contributed by atoms with Gasteiger partial charge >= 0.3 is 0 Å². The van der Waals surface area contributed by atoms with Crippen molar-refractivity contribution in [2.24, 2.45) is 16.3 Å². The molecular formula is C20H31IN4O2. The van der Waals surface area contributed by atoms with Crippen molar-refractivity contribution in [2.75, 3.05) is 39.5 Å². The molecule has 0 radical (unpaired) electrons. The number of nitrogens with zero attached hydrogens (tertiary/aromatic N) is 3. The molecule has 2 aliphatic heterocycles. The molecule has 7 heteroatoms. The molecule has 1 saturated carbocycles. The summed E-state index contributed by atoms with van der Waals surface area (Å²) in [6, 6.07) is 4.03. The first-order valence-electron chi connectivity index (χ1n) is 9.95. The molecule has 1 unspecified atom stereocenters. The molecule has 0 aromatic carbocycles. The molecule has 1 atom stereocenters. The lowest BCUT2D eigenvalue weighted by Crippen LogP contribution is -2.41. The van der Waals surface area contributed by atoms with Crippen molar-refractivity contribution in [2.45, 2.75) is 39.2 Å². The Kier molecular flexibility index (Phi) is 7.19. The van der Waals surface area contributed by atoms with Crippen LogP contribution in [0.4, 0.5) is 0 Å². The fourth-order valence-corrected chi connectivity index (χ4v) is 3.76. The fraction of sp³-hybridized carbons (Fsp3) is 0.700. The third kappa shape index (κ3) is 5.47. The highest BCUT2D eigenvalue weighted by atomic mass is 127. The highest BCUT2D eigenvalue weighted by Gasteiger charge is 2.42. The third-order valence-corrected chi connectivity index (χ3v) is 5.63. The maximum absolute atomic E-state index is 5.70. The molecule has 27 heavy (non-hydrogen) atoms. The van der Waals surface area contributed by atoms with Crippen LogP contribution >= 0.6 is 24.0 Å². The molecule has 1 aromatic heterocycles. The van der Waals surface area contributed by atoms with Crippen LogP contribution in [0.3, 0.4) is 0 Å². The number of likely N-dealkylation sites (tertiary alicyclic amines) is 1. The van der Waals surface area contributed by atoms with Crippen LogP contribution in [0.1, 0.15) is 38.2 Å². The van der Waals surface area contributed by atoms with Crippen LogP contribution in [0.5, 0.6) is 5.88 Å². The fourth-order valence-electron chi connectivity index (χ4n) is 3.76. The van der Waals surface area contributed by atoms with Crippen LogP contribution in [0.15, 0.2) is 23.3 Å². The van der Waals surface area contributed by atoms with Crippen molar-refractivity contribution >= 4 is 29.9 Å². The molecule has 150 valence electrons. The van der Waals surface area contributed by atoms with Gasteiger partial charge in [0.25, 0.3) is 0 Å². The van der Waals surface area contributed by atoms with Gasteiger partial charge in [0.2, 0.25) is 5.88 Å². The van der Waals surface area contributed by atoms with Gasteiger partial charge in [0.1, 0.15) is 0 Å². The van der Waals surface area contributed by atoms with E-state index in [1.807, 2.05) is 12.3 Å². The Morgan fingerprint density at radius 2 is 2.30 bits per heavy atom. The number of hydrogen-bond acceptors (Lipinski definition) is 4. The molecule has 1 aliphatic carbocycles. The number of guanidine groups is 1. The molecule has 3 aliphatic rings. The summed E-state index contributed by atoms with van der Waals surface area (Å²) in [4.78, 5) is 11.6. The number of ether oxygens (including phenoxy) is 2. The molecule has 3 heterocycles. The van der Waals surface area contributed by atoms with Crippen molar-refractivity contribution in [1.29, 1.82) is 0 Å². The second kappa shape index (κ2) is 9.41. The summed E-state index contributed by atoms with van der Waals surface area (Å²) in [5, 5.41) is 3.44. The topological polar surface area (TPSA) is 59.0 Å². The monoisotopic (exact) mass is 486 g/mol. The maximum Gasteiger partial charge on any atom is 0.213 e. The van der Waals surface area contributed by atoms with E-state index in [0.717, 1.165) is 62.8 Å². The largest absolute Gasteiger partial charge is 0.477 e. The van der Waals surface area contributed by atoms with Crippen molar-refractivity contribution in [3.63, 3.8) is 0 Å². The van der Waals surface area contributed by atoms with Gasteiger partial charge in [-0.05, 0) is 44.1 Å². The molecule has 1 N–H and O–H groups in total. The van der Waals surface area contributed by atoms with E-state index in [1.165, 1.54) is 25.7 Å².